The van der Waals surface area contributed by atoms with Gasteiger partial charge in [-0.05, 0) is 52.7 Å². The van der Waals surface area contributed by atoms with Crippen LogP contribution in [0.2, 0.25) is 0 Å². The Morgan fingerprint density at radius 3 is 2.05 bits per heavy atom. The lowest BCUT2D eigenvalue weighted by atomic mass is 9.79. The van der Waals surface area contributed by atoms with Crippen LogP contribution in [0.15, 0.2) is 24.3 Å². The van der Waals surface area contributed by atoms with Crippen LogP contribution >= 0.6 is 0 Å². The highest BCUT2D eigenvalue weighted by atomic mass is 19.1. The van der Waals surface area contributed by atoms with E-state index in [-0.39, 0.29) is 18.3 Å². The average molecular weight is 307 g/mol. The van der Waals surface area contributed by atoms with Crippen molar-refractivity contribution in [1.82, 2.24) is 4.90 Å². The minimum Gasteiger partial charge on any atom is -0.399 e. The Hall–Kier alpha value is -0.905. The monoisotopic (exact) mass is 307 g/mol. The summed E-state index contributed by atoms with van der Waals surface area (Å²) in [6.45, 7) is 11.0. The summed E-state index contributed by atoms with van der Waals surface area (Å²) in [6, 6.07) is 8.17. The summed E-state index contributed by atoms with van der Waals surface area (Å²) in [5, 5.41) is 0. The fourth-order valence-corrected chi connectivity index (χ4v) is 2.57. The van der Waals surface area contributed by atoms with Gasteiger partial charge in [0.2, 0.25) is 0 Å². The highest BCUT2D eigenvalue weighted by Gasteiger charge is 2.51. The van der Waals surface area contributed by atoms with Crippen LogP contribution < -0.4 is 5.46 Å². The van der Waals surface area contributed by atoms with Crippen LogP contribution in [0.25, 0.3) is 0 Å². The molecule has 0 aromatic heterocycles. The first-order chi connectivity index (χ1) is 10.1. The highest BCUT2D eigenvalue weighted by molar-refractivity contribution is 6.62. The Balaban J connectivity index is 2.01. The third-order valence-electron chi connectivity index (χ3n) is 4.52. The summed E-state index contributed by atoms with van der Waals surface area (Å²) < 4.78 is 25.1. The van der Waals surface area contributed by atoms with Gasteiger partial charge < -0.3 is 9.31 Å². The molecule has 0 N–H and O–H groups in total. The lowest BCUT2D eigenvalue weighted by Gasteiger charge is -2.32. The number of hydrogen-bond donors (Lipinski definition) is 0. The first-order valence-electron chi connectivity index (χ1n) is 7.88. The van der Waals surface area contributed by atoms with Gasteiger partial charge in [-0.1, -0.05) is 24.3 Å². The molecule has 122 valence electrons. The van der Waals surface area contributed by atoms with Crippen LogP contribution in [-0.2, 0) is 15.9 Å². The third kappa shape index (κ3) is 3.89. The van der Waals surface area contributed by atoms with Gasteiger partial charge in [0.15, 0.2) is 0 Å². The summed E-state index contributed by atoms with van der Waals surface area (Å²) in [7, 11) is 1.60. The average Bonchev–Trinajstić information content (AvgIpc) is 2.58. The molecule has 0 radical (unpaired) electrons. The molecule has 1 aliphatic heterocycles. The van der Waals surface area contributed by atoms with Gasteiger partial charge in [0.05, 0.1) is 11.2 Å². The molecule has 1 aromatic carbocycles. The number of rotatable bonds is 5. The molecule has 1 saturated heterocycles. The smallest absolute Gasteiger partial charge is 0.399 e. The van der Waals surface area contributed by atoms with Crippen molar-refractivity contribution in [1.29, 1.82) is 0 Å². The van der Waals surface area contributed by atoms with Gasteiger partial charge in [-0.3, -0.25) is 4.90 Å². The maximum atomic E-state index is 13.0. The Morgan fingerprint density at radius 1 is 1.09 bits per heavy atom. The Bertz CT molecular complexity index is 486. The van der Waals surface area contributed by atoms with Crippen LogP contribution in [-0.4, -0.2) is 43.0 Å². The highest BCUT2D eigenvalue weighted by Crippen LogP contribution is 2.36. The fraction of sp³-hybridized carbons (Fsp3) is 0.647. The maximum absolute atomic E-state index is 13.0. The molecule has 0 spiro atoms. The predicted octanol–water partition coefficient (Wildman–Crippen LogP) is 2.78. The Morgan fingerprint density at radius 2 is 1.59 bits per heavy atom. The lowest BCUT2D eigenvalue weighted by molar-refractivity contribution is 0.00578. The molecule has 2 rings (SSSR count). The number of benzene rings is 1. The topological polar surface area (TPSA) is 21.7 Å². The van der Waals surface area contributed by atoms with Gasteiger partial charge in [0.25, 0.3) is 0 Å². The molecule has 1 aromatic rings. The van der Waals surface area contributed by atoms with Crippen molar-refractivity contribution in [2.45, 2.75) is 58.5 Å². The Kier molecular flexibility index (Phi) is 5.00. The van der Waals surface area contributed by atoms with Crippen molar-refractivity contribution >= 4 is 12.6 Å². The van der Waals surface area contributed by atoms with Crippen molar-refractivity contribution in [3.63, 3.8) is 0 Å². The molecule has 0 saturated carbocycles. The molecule has 0 bridgehead atoms. The van der Waals surface area contributed by atoms with Gasteiger partial charge in [-0.25, -0.2) is 4.39 Å². The summed E-state index contributed by atoms with van der Waals surface area (Å²) in [4.78, 5) is 1.98. The van der Waals surface area contributed by atoms with E-state index in [4.69, 9.17) is 9.31 Å². The van der Waals surface area contributed by atoms with Crippen molar-refractivity contribution in [3.8, 4) is 0 Å². The summed E-state index contributed by atoms with van der Waals surface area (Å²) in [5.74, 6) is 0. The second kappa shape index (κ2) is 6.30. The van der Waals surface area contributed by atoms with Crippen molar-refractivity contribution < 1.29 is 13.7 Å². The van der Waals surface area contributed by atoms with E-state index >= 15 is 0 Å². The largest absolute Gasteiger partial charge is 0.494 e. The van der Waals surface area contributed by atoms with E-state index < -0.39 is 6.17 Å². The standard InChI is InChI=1S/C17H27BFNO2/c1-13(19)11-20(6)12-14-7-9-15(10-8-14)18-21-16(2,3)17(4,5)22-18/h7-10,13H,11-12H2,1-6H3. The molecule has 1 unspecified atom stereocenters. The summed E-state index contributed by atoms with van der Waals surface area (Å²) >= 11 is 0. The SMILES string of the molecule is CC(F)CN(C)Cc1ccc(B2OC(C)(C)C(C)(C)O2)cc1. The van der Waals surface area contributed by atoms with E-state index in [0.717, 1.165) is 17.6 Å². The van der Waals surface area contributed by atoms with Gasteiger partial charge in [0, 0.05) is 13.1 Å². The third-order valence-corrected chi connectivity index (χ3v) is 4.52. The predicted molar refractivity (Wildman–Crippen MR) is 89.1 cm³/mol. The van der Waals surface area contributed by atoms with E-state index in [0.29, 0.717) is 6.54 Å². The molecular weight excluding hydrogens is 280 g/mol. The minimum absolute atomic E-state index is 0.326. The van der Waals surface area contributed by atoms with E-state index in [9.17, 15) is 4.39 Å². The number of hydrogen-bond acceptors (Lipinski definition) is 3. The normalized spacial score (nSPS) is 21.4. The van der Waals surface area contributed by atoms with Gasteiger partial charge >= 0.3 is 7.12 Å². The van der Waals surface area contributed by atoms with E-state index in [1.54, 1.807) is 6.92 Å². The fourth-order valence-electron chi connectivity index (χ4n) is 2.57. The van der Waals surface area contributed by atoms with Crippen LogP contribution in [0.5, 0.6) is 0 Å². The van der Waals surface area contributed by atoms with Crippen molar-refractivity contribution in [2.24, 2.45) is 0 Å². The molecule has 0 aliphatic carbocycles. The number of alkyl halides is 1. The molecule has 5 heteroatoms. The van der Waals surface area contributed by atoms with E-state index in [1.807, 2.05) is 24.1 Å². The zero-order valence-electron chi connectivity index (χ0n) is 14.5. The van der Waals surface area contributed by atoms with Crippen LogP contribution in [0.3, 0.4) is 0 Å². The van der Waals surface area contributed by atoms with E-state index in [1.165, 1.54) is 0 Å². The zero-order chi connectivity index (χ0) is 16.5. The molecule has 3 nitrogen and oxygen atoms in total. The molecule has 1 atom stereocenters. The van der Waals surface area contributed by atoms with Gasteiger partial charge in [-0.15, -0.1) is 0 Å². The first kappa shape index (κ1) is 17.4. The minimum atomic E-state index is -0.811. The maximum Gasteiger partial charge on any atom is 0.494 e. The van der Waals surface area contributed by atoms with E-state index in [2.05, 4.69) is 39.8 Å². The second-order valence-corrected chi connectivity index (χ2v) is 7.31. The van der Waals surface area contributed by atoms with Gasteiger partial charge in [-0.2, -0.15) is 0 Å². The zero-order valence-corrected chi connectivity index (χ0v) is 14.5. The van der Waals surface area contributed by atoms with Crippen LogP contribution in [0, 0.1) is 0 Å². The first-order valence-corrected chi connectivity index (χ1v) is 7.88. The number of nitrogens with zero attached hydrogens (tertiary/aromatic N) is 1. The summed E-state index contributed by atoms with van der Waals surface area (Å²) in [5.41, 5.74) is 1.52. The quantitative estimate of drug-likeness (QED) is 0.781. The van der Waals surface area contributed by atoms with Crippen molar-refractivity contribution in [3.05, 3.63) is 29.8 Å². The van der Waals surface area contributed by atoms with Crippen molar-refractivity contribution in [2.75, 3.05) is 13.6 Å². The molecule has 22 heavy (non-hydrogen) atoms. The molecule has 1 fully saturated rings. The van der Waals surface area contributed by atoms with Crippen LogP contribution in [0.1, 0.15) is 40.2 Å². The molecular formula is C17H27BFNO2. The summed E-state index contributed by atoms with van der Waals surface area (Å²) in [6.07, 6.45) is -0.811. The van der Waals surface area contributed by atoms with Gasteiger partial charge in [0.1, 0.15) is 6.17 Å². The molecule has 0 amide bonds. The molecule has 1 heterocycles. The molecule has 1 aliphatic rings. The van der Waals surface area contributed by atoms with Crippen LogP contribution in [0.4, 0.5) is 4.39 Å². The second-order valence-electron chi connectivity index (χ2n) is 7.31. The Labute approximate surface area is 133 Å². The lowest BCUT2D eigenvalue weighted by Crippen LogP contribution is -2.41. The number of halogens is 1.